The number of para-hydroxylation sites is 1. The predicted octanol–water partition coefficient (Wildman–Crippen LogP) is 2.22. The highest BCUT2D eigenvalue weighted by Crippen LogP contribution is 2.26. The van der Waals surface area contributed by atoms with E-state index >= 15 is 0 Å². The van der Waals surface area contributed by atoms with Gasteiger partial charge in [0.05, 0.1) is 5.52 Å². The van der Waals surface area contributed by atoms with Crippen LogP contribution in [0.5, 0.6) is 0 Å². The first-order valence-electron chi connectivity index (χ1n) is 7.73. The Balaban J connectivity index is 2.05. The second-order valence-corrected chi connectivity index (χ2v) is 6.03. The molecule has 1 saturated heterocycles. The van der Waals surface area contributed by atoms with Gasteiger partial charge in [-0.1, -0.05) is 18.2 Å². The van der Waals surface area contributed by atoms with Gasteiger partial charge in [0.2, 0.25) is 0 Å². The molecule has 3 rings (SSSR count). The Bertz CT molecular complexity index is 625. The van der Waals surface area contributed by atoms with Gasteiger partial charge in [0.25, 0.3) is 0 Å². The topological polar surface area (TPSA) is 45.4 Å². The zero-order chi connectivity index (χ0) is 14.8. The average molecular weight is 284 g/mol. The molecular formula is C17H24N4. The van der Waals surface area contributed by atoms with Crippen LogP contribution in [0.2, 0.25) is 0 Å². The molecule has 1 aromatic carbocycles. The zero-order valence-corrected chi connectivity index (χ0v) is 12.9. The van der Waals surface area contributed by atoms with Gasteiger partial charge in [-0.05, 0) is 39.1 Å². The first kappa shape index (κ1) is 14.3. The summed E-state index contributed by atoms with van der Waals surface area (Å²) >= 11 is 0. The SMILES string of the molecule is CC1CN(C)CCCN1c1nc2ccccc2cc1CN. The van der Waals surface area contributed by atoms with Crippen molar-refractivity contribution in [2.24, 2.45) is 5.73 Å². The third kappa shape index (κ3) is 2.87. The number of likely N-dealkylation sites (N-methyl/N-ethyl adjacent to an activating group) is 1. The summed E-state index contributed by atoms with van der Waals surface area (Å²) in [7, 11) is 2.19. The molecule has 0 radical (unpaired) electrons. The van der Waals surface area contributed by atoms with Crippen LogP contribution in [0.3, 0.4) is 0 Å². The van der Waals surface area contributed by atoms with Gasteiger partial charge in [-0.25, -0.2) is 4.98 Å². The molecule has 1 unspecified atom stereocenters. The normalized spacial score (nSPS) is 20.7. The maximum absolute atomic E-state index is 5.98. The van der Waals surface area contributed by atoms with Crippen LogP contribution in [0.15, 0.2) is 30.3 Å². The number of anilines is 1. The molecule has 4 nitrogen and oxygen atoms in total. The lowest BCUT2D eigenvalue weighted by Gasteiger charge is -2.31. The molecule has 1 aromatic heterocycles. The predicted molar refractivity (Wildman–Crippen MR) is 88.6 cm³/mol. The van der Waals surface area contributed by atoms with Crippen molar-refractivity contribution in [2.75, 3.05) is 31.6 Å². The van der Waals surface area contributed by atoms with Crippen molar-refractivity contribution >= 4 is 16.7 Å². The van der Waals surface area contributed by atoms with Crippen molar-refractivity contribution in [3.05, 3.63) is 35.9 Å². The minimum atomic E-state index is 0.455. The van der Waals surface area contributed by atoms with E-state index in [1.165, 1.54) is 11.8 Å². The molecule has 0 spiro atoms. The van der Waals surface area contributed by atoms with Crippen molar-refractivity contribution in [1.29, 1.82) is 0 Å². The number of hydrogen-bond donors (Lipinski definition) is 1. The van der Waals surface area contributed by atoms with Gasteiger partial charge < -0.3 is 15.5 Å². The summed E-state index contributed by atoms with van der Waals surface area (Å²) in [4.78, 5) is 9.74. The standard InChI is InChI=1S/C17H24N4/c1-13-12-20(2)8-5-9-21(13)17-15(11-18)10-14-6-3-4-7-16(14)19-17/h3-4,6-7,10,13H,5,8-9,11-12,18H2,1-2H3. The van der Waals surface area contributed by atoms with E-state index in [2.05, 4.69) is 42.0 Å². The van der Waals surface area contributed by atoms with Crippen LogP contribution in [-0.2, 0) is 6.54 Å². The second kappa shape index (κ2) is 6.00. The van der Waals surface area contributed by atoms with E-state index in [-0.39, 0.29) is 0 Å². The molecule has 2 heterocycles. The molecule has 4 heteroatoms. The van der Waals surface area contributed by atoms with Crippen LogP contribution >= 0.6 is 0 Å². The summed E-state index contributed by atoms with van der Waals surface area (Å²) in [6, 6.07) is 10.9. The maximum Gasteiger partial charge on any atom is 0.134 e. The van der Waals surface area contributed by atoms with Crippen molar-refractivity contribution < 1.29 is 0 Å². The highest BCUT2D eigenvalue weighted by atomic mass is 15.3. The number of aromatic nitrogens is 1. The largest absolute Gasteiger partial charge is 0.352 e. The third-order valence-corrected chi connectivity index (χ3v) is 4.32. The minimum Gasteiger partial charge on any atom is -0.352 e. The van der Waals surface area contributed by atoms with Gasteiger partial charge in [-0.3, -0.25) is 0 Å². The van der Waals surface area contributed by atoms with Crippen LogP contribution < -0.4 is 10.6 Å². The summed E-state index contributed by atoms with van der Waals surface area (Å²) in [6.07, 6.45) is 1.17. The quantitative estimate of drug-likeness (QED) is 0.918. The summed E-state index contributed by atoms with van der Waals surface area (Å²) < 4.78 is 0. The highest BCUT2D eigenvalue weighted by molar-refractivity contribution is 5.81. The number of nitrogens with two attached hydrogens (primary N) is 1. The molecule has 0 amide bonds. The average Bonchev–Trinajstić information content (AvgIpc) is 2.66. The van der Waals surface area contributed by atoms with Gasteiger partial charge >= 0.3 is 0 Å². The second-order valence-electron chi connectivity index (χ2n) is 6.03. The number of fused-ring (bicyclic) bond motifs is 1. The van der Waals surface area contributed by atoms with Crippen LogP contribution in [-0.4, -0.2) is 42.6 Å². The Morgan fingerprint density at radius 3 is 2.90 bits per heavy atom. The smallest absolute Gasteiger partial charge is 0.134 e. The van der Waals surface area contributed by atoms with Crippen LogP contribution in [0.1, 0.15) is 18.9 Å². The Morgan fingerprint density at radius 2 is 2.10 bits per heavy atom. The first-order chi connectivity index (χ1) is 10.2. The Labute approximate surface area is 126 Å². The van der Waals surface area contributed by atoms with E-state index in [1.54, 1.807) is 0 Å². The molecular weight excluding hydrogens is 260 g/mol. The fraction of sp³-hybridized carbons (Fsp3) is 0.471. The number of nitrogens with zero attached hydrogens (tertiary/aromatic N) is 3. The highest BCUT2D eigenvalue weighted by Gasteiger charge is 2.23. The summed E-state index contributed by atoms with van der Waals surface area (Å²) in [5.41, 5.74) is 8.18. The van der Waals surface area contributed by atoms with E-state index < -0.39 is 0 Å². The van der Waals surface area contributed by atoms with Crippen molar-refractivity contribution in [3.63, 3.8) is 0 Å². The fourth-order valence-corrected chi connectivity index (χ4v) is 3.24. The molecule has 2 N–H and O–H groups in total. The van der Waals surface area contributed by atoms with Gasteiger partial charge in [0, 0.05) is 36.6 Å². The molecule has 112 valence electrons. The summed E-state index contributed by atoms with van der Waals surface area (Å²) in [6.45, 7) is 6.07. The zero-order valence-electron chi connectivity index (χ0n) is 12.9. The third-order valence-electron chi connectivity index (χ3n) is 4.32. The number of pyridine rings is 1. The summed E-state index contributed by atoms with van der Waals surface area (Å²) in [5, 5.41) is 1.17. The monoisotopic (exact) mass is 284 g/mol. The minimum absolute atomic E-state index is 0.455. The van der Waals surface area contributed by atoms with E-state index in [0.717, 1.165) is 36.5 Å². The van der Waals surface area contributed by atoms with Crippen molar-refractivity contribution in [3.8, 4) is 0 Å². The number of rotatable bonds is 2. The summed E-state index contributed by atoms with van der Waals surface area (Å²) in [5.74, 6) is 1.07. The van der Waals surface area contributed by atoms with Gasteiger partial charge in [0.1, 0.15) is 5.82 Å². The molecule has 21 heavy (non-hydrogen) atoms. The Hall–Kier alpha value is -1.65. The van der Waals surface area contributed by atoms with E-state index in [9.17, 15) is 0 Å². The molecule has 1 fully saturated rings. The van der Waals surface area contributed by atoms with E-state index in [0.29, 0.717) is 12.6 Å². The van der Waals surface area contributed by atoms with Crippen molar-refractivity contribution in [1.82, 2.24) is 9.88 Å². The molecule has 0 saturated carbocycles. The maximum atomic E-state index is 5.98. The lowest BCUT2D eigenvalue weighted by atomic mass is 10.1. The molecule has 0 bridgehead atoms. The van der Waals surface area contributed by atoms with Crippen LogP contribution in [0.25, 0.3) is 10.9 Å². The lowest BCUT2D eigenvalue weighted by molar-refractivity contribution is 0.337. The van der Waals surface area contributed by atoms with Crippen molar-refractivity contribution in [2.45, 2.75) is 25.9 Å². The van der Waals surface area contributed by atoms with Crippen LogP contribution in [0.4, 0.5) is 5.82 Å². The Morgan fingerprint density at radius 1 is 1.29 bits per heavy atom. The molecule has 1 aliphatic heterocycles. The van der Waals surface area contributed by atoms with E-state index in [4.69, 9.17) is 10.7 Å². The van der Waals surface area contributed by atoms with E-state index in [1.807, 2.05) is 12.1 Å². The molecule has 0 aliphatic carbocycles. The molecule has 1 aliphatic rings. The van der Waals surface area contributed by atoms with Gasteiger partial charge in [-0.2, -0.15) is 0 Å². The van der Waals surface area contributed by atoms with Gasteiger partial charge in [-0.15, -0.1) is 0 Å². The van der Waals surface area contributed by atoms with Crippen LogP contribution in [0, 0.1) is 0 Å². The fourth-order valence-electron chi connectivity index (χ4n) is 3.24. The Kier molecular flexibility index (Phi) is 4.08. The number of hydrogen-bond acceptors (Lipinski definition) is 4. The molecule has 1 atom stereocenters. The number of benzene rings is 1. The molecule has 2 aromatic rings. The lowest BCUT2D eigenvalue weighted by Crippen LogP contribution is -2.39. The van der Waals surface area contributed by atoms with Gasteiger partial charge in [0.15, 0.2) is 0 Å². The first-order valence-corrected chi connectivity index (χ1v) is 7.73.